The van der Waals surface area contributed by atoms with Gasteiger partial charge in [-0.15, -0.1) is 0 Å². The van der Waals surface area contributed by atoms with Crippen LogP contribution < -0.4 is 10.0 Å². The summed E-state index contributed by atoms with van der Waals surface area (Å²) in [5, 5.41) is 21.9. The fourth-order valence-electron chi connectivity index (χ4n) is 4.06. The molecule has 0 radical (unpaired) electrons. The van der Waals surface area contributed by atoms with Gasteiger partial charge in [0.05, 0.1) is 4.90 Å². The van der Waals surface area contributed by atoms with Crippen LogP contribution in [0.5, 0.6) is 0 Å². The first-order chi connectivity index (χ1) is 17.9. The lowest BCUT2D eigenvalue weighted by molar-refractivity contribution is -0.376. The molecule has 0 saturated heterocycles. The van der Waals surface area contributed by atoms with E-state index in [9.17, 15) is 54.6 Å². The third-order valence-corrected chi connectivity index (χ3v) is 7.65. The van der Waals surface area contributed by atoms with E-state index in [4.69, 9.17) is 0 Å². The number of nitrogens with one attached hydrogen (secondary N) is 2. The van der Waals surface area contributed by atoms with E-state index in [1.54, 1.807) is 0 Å². The zero-order valence-corrected chi connectivity index (χ0v) is 21.1. The predicted octanol–water partition coefficient (Wildman–Crippen LogP) is 2.70. The zero-order chi connectivity index (χ0) is 29.6. The summed E-state index contributed by atoms with van der Waals surface area (Å²) in [5.41, 5.74) is -6.49. The molecule has 1 aliphatic rings. The van der Waals surface area contributed by atoms with E-state index < -0.39 is 57.5 Å². The van der Waals surface area contributed by atoms with Crippen molar-refractivity contribution in [3.8, 4) is 0 Å². The van der Waals surface area contributed by atoms with Gasteiger partial charge in [-0.25, -0.2) is 13.1 Å². The van der Waals surface area contributed by atoms with Gasteiger partial charge in [0.15, 0.2) is 0 Å². The molecule has 0 aliphatic carbocycles. The maximum Gasteiger partial charge on any atom is 0.430 e. The summed E-state index contributed by atoms with van der Waals surface area (Å²) >= 11 is 0. The molecule has 0 spiro atoms. The highest BCUT2D eigenvalue weighted by Gasteiger charge is 2.71. The van der Waals surface area contributed by atoms with E-state index in [0.29, 0.717) is 24.3 Å². The molecule has 2 aromatic rings. The van der Waals surface area contributed by atoms with E-state index in [0.717, 1.165) is 4.90 Å². The minimum Gasteiger partial charge on any atom is -0.383 e. The molecule has 1 aliphatic heterocycles. The second kappa shape index (κ2) is 10.4. The number of fused-ring (bicyclic) bond motifs is 1. The number of aliphatic hydroxyl groups is 2. The largest absolute Gasteiger partial charge is 0.430 e. The number of hydrogen-bond acceptors (Lipinski definition) is 6. The number of nitrogens with zero attached hydrogens (tertiary/aromatic N) is 1. The quantitative estimate of drug-likeness (QED) is 0.370. The van der Waals surface area contributed by atoms with E-state index in [1.165, 1.54) is 32.2 Å². The Hall–Kier alpha value is -3.21. The SMILES string of the molecule is CC[C@H](O)C(=O)N1Cc2cc(S(=O)(=O)NC)ccc2C1C(=O)Nc1ccc(C(O)(C(F)(F)F)C(F)(F)F)cc1. The second-order valence-corrected chi connectivity index (χ2v) is 10.5. The fourth-order valence-corrected chi connectivity index (χ4v) is 4.84. The summed E-state index contributed by atoms with van der Waals surface area (Å²) < 4.78 is 105. The minimum atomic E-state index is -6.09. The molecule has 4 N–H and O–H groups in total. The van der Waals surface area contributed by atoms with Gasteiger partial charge >= 0.3 is 12.4 Å². The number of amides is 2. The monoisotopic (exact) mass is 583 g/mol. The van der Waals surface area contributed by atoms with Crippen LogP contribution in [0.1, 0.15) is 36.1 Å². The Morgan fingerprint density at radius 2 is 1.62 bits per heavy atom. The van der Waals surface area contributed by atoms with E-state index in [1.807, 2.05) is 0 Å². The van der Waals surface area contributed by atoms with Gasteiger partial charge in [0, 0.05) is 17.8 Å². The third-order valence-electron chi connectivity index (χ3n) is 6.23. The highest BCUT2D eigenvalue weighted by molar-refractivity contribution is 7.89. The minimum absolute atomic E-state index is 0.0117. The number of anilines is 1. The summed E-state index contributed by atoms with van der Waals surface area (Å²) in [6.45, 7) is 1.24. The number of aliphatic hydroxyl groups excluding tert-OH is 1. The average molecular weight is 584 g/mol. The molecule has 2 amide bonds. The van der Waals surface area contributed by atoms with E-state index in [2.05, 4.69) is 10.0 Å². The summed E-state index contributed by atoms with van der Waals surface area (Å²) in [4.78, 5) is 26.8. The molecule has 3 rings (SSSR count). The van der Waals surface area contributed by atoms with Crippen molar-refractivity contribution in [2.45, 2.75) is 54.9 Å². The summed E-state index contributed by atoms with van der Waals surface area (Å²) in [5.74, 6) is -1.80. The molecule has 1 unspecified atom stereocenters. The molecule has 1 heterocycles. The molecule has 9 nitrogen and oxygen atoms in total. The van der Waals surface area contributed by atoms with Crippen molar-refractivity contribution in [1.29, 1.82) is 0 Å². The molecule has 39 heavy (non-hydrogen) atoms. The molecule has 16 heteroatoms. The van der Waals surface area contributed by atoms with Crippen molar-refractivity contribution in [1.82, 2.24) is 9.62 Å². The number of benzene rings is 2. The van der Waals surface area contributed by atoms with Crippen molar-refractivity contribution >= 4 is 27.5 Å². The van der Waals surface area contributed by atoms with Crippen molar-refractivity contribution in [2.24, 2.45) is 0 Å². The summed E-state index contributed by atoms with van der Waals surface area (Å²) in [6.07, 6.45) is -13.7. The van der Waals surface area contributed by atoms with Crippen LogP contribution in [0.4, 0.5) is 32.0 Å². The molecular formula is C23H23F6N3O6S. The Labute approximate surface area is 218 Å². The van der Waals surface area contributed by atoms with Crippen LogP contribution in [0.3, 0.4) is 0 Å². The van der Waals surface area contributed by atoms with E-state index >= 15 is 0 Å². The normalized spacial score (nSPS) is 17.1. The Balaban J connectivity index is 1.97. The number of sulfonamides is 1. The number of halogens is 6. The Kier molecular flexibility index (Phi) is 8.09. The maximum absolute atomic E-state index is 13.2. The highest BCUT2D eigenvalue weighted by Crippen LogP contribution is 2.50. The van der Waals surface area contributed by atoms with E-state index in [-0.39, 0.29) is 34.7 Å². The summed E-state index contributed by atoms with van der Waals surface area (Å²) in [7, 11) is -2.70. The molecule has 0 fully saturated rings. The first-order valence-corrected chi connectivity index (χ1v) is 12.7. The van der Waals surface area contributed by atoms with Gasteiger partial charge in [-0.3, -0.25) is 9.59 Å². The van der Waals surface area contributed by atoms with Crippen LogP contribution in [0.15, 0.2) is 47.4 Å². The van der Waals surface area contributed by atoms with Crippen LogP contribution in [-0.4, -0.2) is 60.8 Å². The van der Waals surface area contributed by atoms with Crippen LogP contribution in [0, 0.1) is 0 Å². The molecule has 2 atom stereocenters. The molecular weight excluding hydrogens is 560 g/mol. The summed E-state index contributed by atoms with van der Waals surface area (Å²) in [6, 6.07) is 4.39. The Morgan fingerprint density at radius 3 is 2.10 bits per heavy atom. The molecule has 0 aromatic heterocycles. The maximum atomic E-state index is 13.2. The Morgan fingerprint density at radius 1 is 1.05 bits per heavy atom. The average Bonchev–Trinajstić information content (AvgIpc) is 3.25. The standard InChI is InChI=1S/C23H23F6N3O6S/c1-3-17(33)20(35)32-11-12-10-15(39(37,38)30-2)8-9-16(12)18(32)19(34)31-14-6-4-13(5-7-14)21(36,22(24,25)26)23(27,28)29/h4-10,17-18,30,33,36H,3,11H2,1-2H3,(H,31,34)/t17-,18?/m0/s1. The topological polar surface area (TPSA) is 136 Å². The number of alkyl halides is 6. The van der Waals surface area contributed by atoms with Crippen molar-refractivity contribution in [3.63, 3.8) is 0 Å². The van der Waals surface area contributed by atoms with Gasteiger partial charge in [0.2, 0.25) is 10.0 Å². The number of carbonyl (C=O) groups excluding carboxylic acids is 2. The molecule has 0 saturated carbocycles. The lowest BCUT2D eigenvalue weighted by atomic mass is 9.92. The lowest BCUT2D eigenvalue weighted by Gasteiger charge is -2.32. The fraction of sp³-hybridized carbons (Fsp3) is 0.391. The van der Waals surface area contributed by atoms with Crippen LogP contribution in [0.2, 0.25) is 0 Å². The molecule has 2 aromatic carbocycles. The van der Waals surface area contributed by atoms with Crippen LogP contribution in [-0.2, 0) is 31.8 Å². The number of hydrogen-bond donors (Lipinski definition) is 4. The lowest BCUT2D eigenvalue weighted by Crippen LogP contribution is -2.53. The van der Waals surface area contributed by atoms with Gasteiger partial charge in [-0.2, -0.15) is 26.3 Å². The van der Waals surface area contributed by atoms with Crippen LogP contribution in [0.25, 0.3) is 0 Å². The van der Waals surface area contributed by atoms with Gasteiger partial charge in [-0.1, -0.05) is 25.1 Å². The molecule has 214 valence electrons. The van der Waals surface area contributed by atoms with Crippen molar-refractivity contribution < 1.29 is 54.6 Å². The number of carbonyl (C=O) groups is 2. The van der Waals surface area contributed by atoms with Crippen molar-refractivity contribution in [2.75, 3.05) is 12.4 Å². The van der Waals surface area contributed by atoms with Gasteiger partial charge in [0.1, 0.15) is 12.1 Å². The second-order valence-electron chi connectivity index (χ2n) is 8.63. The first kappa shape index (κ1) is 30.3. The highest BCUT2D eigenvalue weighted by atomic mass is 32.2. The van der Waals surface area contributed by atoms with Gasteiger partial charge in [-0.05, 0) is 48.9 Å². The van der Waals surface area contributed by atoms with Crippen LogP contribution >= 0.6 is 0 Å². The zero-order valence-electron chi connectivity index (χ0n) is 20.3. The Bertz CT molecular complexity index is 1350. The third kappa shape index (κ3) is 5.46. The van der Waals surface area contributed by atoms with Gasteiger partial charge < -0.3 is 20.4 Å². The first-order valence-electron chi connectivity index (χ1n) is 11.2. The van der Waals surface area contributed by atoms with Crippen molar-refractivity contribution in [3.05, 3.63) is 59.2 Å². The smallest absolute Gasteiger partial charge is 0.383 e. The molecule has 0 bridgehead atoms. The predicted molar refractivity (Wildman–Crippen MR) is 123 cm³/mol. The number of rotatable bonds is 7. The van der Waals surface area contributed by atoms with Gasteiger partial charge in [0.25, 0.3) is 17.4 Å².